The van der Waals surface area contributed by atoms with Crippen molar-refractivity contribution in [1.29, 1.82) is 0 Å². The van der Waals surface area contributed by atoms with Gasteiger partial charge in [-0.1, -0.05) is 6.07 Å². The Kier molecular flexibility index (Phi) is 4.43. The molecule has 6 heteroatoms. The Morgan fingerprint density at radius 3 is 2.83 bits per heavy atom. The Morgan fingerprint density at radius 1 is 1.35 bits per heavy atom. The van der Waals surface area contributed by atoms with Crippen LogP contribution in [-0.4, -0.2) is 35.4 Å². The fourth-order valence-corrected chi connectivity index (χ4v) is 3.80. The number of ether oxygens (including phenoxy) is 1. The van der Waals surface area contributed by atoms with E-state index in [0.717, 1.165) is 23.5 Å². The van der Waals surface area contributed by atoms with Crippen molar-refractivity contribution in [1.82, 2.24) is 9.88 Å². The predicted molar refractivity (Wildman–Crippen MR) is 87.6 cm³/mol. The average Bonchev–Trinajstić information content (AvgIpc) is 3.22. The summed E-state index contributed by atoms with van der Waals surface area (Å²) in [5.41, 5.74) is 1.88. The summed E-state index contributed by atoms with van der Waals surface area (Å²) in [5, 5.41) is 2.99. The molecule has 2 aromatic rings. The minimum atomic E-state index is -0.437. The molecule has 23 heavy (non-hydrogen) atoms. The molecule has 1 fully saturated rings. The molecular weight excluding hydrogens is 312 g/mol. The molecule has 3 rings (SSSR count). The quantitative estimate of drug-likeness (QED) is 0.811. The molecule has 0 unspecified atom stereocenters. The van der Waals surface area contributed by atoms with Gasteiger partial charge in [-0.3, -0.25) is 4.79 Å². The smallest absolute Gasteiger partial charge is 0.337 e. The Bertz CT molecular complexity index is 741. The normalized spacial score (nSPS) is 17.3. The monoisotopic (exact) mass is 330 g/mol. The van der Waals surface area contributed by atoms with Crippen LogP contribution in [0.25, 0.3) is 0 Å². The van der Waals surface area contributed by atoms with Gasteiger partial charge >= 0.3 is 5.97 Å². The number of esters is 1. The van der Waals surface area contributed by atoms with Crippen molar-refractivity contribution in [2.24, 2.45) is 0 Å². The van der Waals surface area contributed by atoms with Crippen LogP contribution in [-0.2, 0) is 4.74 Å². The summed E-state index contributed by atoms with van der Waals surface area (Å²) in [4.78, 5) is 30.9. The van der Waals surface area contributed by atoms with Gasteiger partial charge in [0.2, 0.25) is 0 Å². The summed E-state index contributed by atoms with van der Waals surface area (Å²) in [7, 11) is 1.33. The van der Waals surface area contributed by atoms with E-state index in [9.17, 15) is 9.59 Å². The van der Waals surface area contributed by atoms with Crippen molar-refractivity contribution in [3.63, 3.8) is 0 Å². The standard InChI is InChI=1S/C17H18N2O3S/c1-11-10-23-15(18-11)14-7-4-8-19(14)16(20)12-5-3-6-13(9-12)17(21)22-2/h3,5-6,9-10,14H,4,7-8H2,1-2H3/t14-/m1/s1. The molecule has 1 aromatic heterocycles. The lowest BCUT2D eigenvalue weighted by Gasteiger charge is -2.23. The lowest BCUT2D eigenvalue weighted by Crippen LogP contribution is -2.30. The number of benzene rings is 1. The van der Waals surface area contributed by atoms with E-state index in [-0.39, 0.29) is 11.9 Å². The zero-order valence-electron chi connectivity index (χ0n) is 13.1. The number of nitrogens with zero attached hydrogens (tertiary/aromatic N) is 2. The van der Waals surface area contributed by atoms with Gasteiger partial charge in [0.05, 0.1) is 18.7 Å². The van der Waals surface area contributed by atoms with Crippen molar-refractivity contribution in [3.05, 3.63) is 51.5 Å². The number of aryl methyl sites for hydroxylation is 1. The number of thiazole rings is 1. The third kappa shape index (κ3) is 3.12. The zero-order chi connectivity index (χ0) is 16.4. The number of hydrogen-bond acceptors (Lipinski definition) is 5. The van der Waals surface area contributed by atoms with E-state index in [0.29, 0.717) is 17.7 Å². The number of carbonyl (C=O) groups excluding carboxylic acids is 2. The lowest BCUT2D eigenvalue weighted by molar-refractivity contribution is 0.0600. The van der Waals surface area contributed by atoms with E-state index >= 15 is 0 Å². The van der Waals surface area contributed by atoms with Gasteiger partial charge in [-0.15, -0.1) is 11.3 Å². The number of carbonyl (C=O) groups is 2. The van der Waals surface area contributed by atoms with Crippen LogP contribution in [0.2, 0.25) is 0 Å². The Morgan fingerprint density at radius 2 is 2.13 bits per heavy atom. The third-order valence-corrected chi connectivity index (χ3v) is 5.03. The molecule has 5 nitrogen and oxygen atoms in total. The number of likely N-dealkylation sites (tertiary alicyclic amines) is 1. The lowest BCUT2D eigenvalue weighted by atomic mass is 10.1. The number of aromatic nitrogens is 1. The Balaban J connectivity index is 1.86. The summed E-state index contributed by atoms with van der Waals surface area (Å²) in [6, 6.07) is 6.71. The van der Waals surface area contributed by atoms with Crippen LogP contribution in [0.5, 0.6) is 0 Å². The molecule has 1 aromatic carbocycles. The van der Waals surface area contributed by atoms with Gasteiger partial charge in [-0.05, 0) is 38.0 Å². The second-order valence-electron chi connectivity index (χ2n) is 5.56. The average molecular weight is 330 g/mol. The van der Waals surface area contributed by atoms with Gasteiger partial charge < -0.3 is 9.64 Å². The molecule has 0 spiro atoms. The minimum absolute atomic E-state index is 0.0305. The van der Waals surface area contributed by atoms with E-state index in [1.165, 1.54) is 7.11 Å². The van der Waals surface area contributed by atoms with E-state index in [1.54, 1.807) is 35.6 Å². The Hall–Kier alpha value is -2.21. The second-order valence-corrected chi connectivity index (χ2v) is 6.45. The second kappa shape index (κ2) is 6.50. The highest BCUT2D eigenvalue weighted by Crippen LogP contribution is 2.34. The number of amides is 1. The van der Waals surface area contributed by atoms with Crippen molar-refractivity contribution in [3.8, 4) is 0 Å². The van der Waals surface area contributed by atoms with Crippen LogP contribution in [0.15, 0.2) is 29.6 Å². The topological polar surface area (TPSA) is 59.5 Å². The van der Waals surface area contributed by atoms with E-state index in [4.69, 9.17) is 4.74 Å². The van der Waals surface area contributed by atoms with Crippen LogP contribution in [0, 0.1) is 6.92 Å². The van der Waals surface area contributed by atoms with Crippen molar-refractivity contribution < 1.29 is 14.3 Å². The summed E-state index contributed by atoms with van der Waals surface area (Å²) >= 11 is 1.60. The van der Waals surface area contributed by atoms with Gasteiger partial charge in [0.25, 0.3) is 5.91 Å². The molecule has 0 saturated carbocycles. The van der Waals surface area contributed by atoms with Crippen LogP contribution >= 0.6 is 11.3 Å². The van der Waals surface area contributed by atoms with E-state index < -0.39 is 5.97 Å². The first-order valence-electron chi connectivity index (χ1n) is 7.51. The minimum Gasteiger partial charge on any atom is -0.465 e. The summed E-state index contributed by atoms with van der Waals surface area (Å²) < 4.78 is 4.72. The molecule has 0 radical (unpaired) electrons. The molecule has 120 valence electrons. The van der Waals surface area contributed by atoms with Crippen molar-refractivity contribution >= 4 is 23.2 Å². The number of methoxy groups -OCH3 is 1. The SMILES string of the molecule is COC(=O)c1cccc(C(=O)N2CCC[C@@H]2c2nc(C)cs2)c1. The van der Waals surface area contributed by atoms with Gasteiger partial charge in [-0.25, -0.2) is 9.78 Å². The largest absolute Gasteiger partial charge is 0.465 e. The molecule has 2 heterocycles. The maximum atomic E-state index is 12.9. The summed E-state index contributed by atoms with van der Waals surface area (Å²) in [6.45, 7) is 2.67. The molecule has 1 aliphatic heterocycles. The first-order chi connectivity index (χ1) is 11.1. The van der Waals surface area contributed by atoms with Gasteiger partial charge in [-0.2, -0.15) is 0 Å². The fourth-order valence-electron chi connectivity index (χ4n) is 2.85. The Labute approximate surface area is 138 Å². The molecule has 0 bridgehead atoms. The molecule has 0 aliphatic carbocycles. The fraction of sp³-hybridized carbons (Fsp3) is 0.353. The highest BCUT2D eigenvalue weighted by Gasteiger charge is 2.32. The van der Waals surface area contributed by atoms with E-state index in [1.807, 2.05) is 17.2 Å². The summed E-state index contributed by atoms with van der Waals surface area (Å²) in [5.74, 6) is -0.501. The molecule has 1 atom stereocenters. The van der Waals surface area contributed by atoms with Gasteiger partial charge in [0, 0.05) is 23.2 Å². The van der Waals surface area contributed by atoms with Crippen molar-refractivity contribution in [2.75, 3.05) is 13.7 Å². The van der Waals surface area contributed by atoms with Crippen LogP contribution in [0.3, 0.4) is 0 Å². The summed E-state index contributed by atoms with van der Waals surface area (Å²) in [6.07, 6.45) is 1.89. The van der Waals surface area contributed by atoms with Crippen LogP contribution in [0.1, 0.15) is 50.3 Å². The maximum absolute atomic E-state index is 12.9. The van der Waals surface area contributed by atoms with Crippen LogP contribution in [0.4, 0.5) is 0 Å². The maximum Gasteiger partial charge on any atom is 0.337 e. The molecule has 1 saturated heterocycles. The first-order valence-corrected chi connectivity index (χ1v) is 8.39. The molecular formula is C17H18N2O3S. The molecule has 1 aliphatic rings. The van der Waals surface area contributed by atoms with Crippen molar-refractivity contribution in [2.45, 2.75) is 25.8 Å². The highest BCUT2D eigenvalue weighted by atomic mass is 32.1. The third-order valence-electron chi connectivity index (χ3n) is 3.97. The predicted octanol–water partition coefficient (Wildman–Crippen LogP) is 3.22. The molecule has 0 N–H and O–H groups in total. The van der Waals surface area contributed by atoms with Gasteiger partial charge in [0.1, 0.15) is 5.01 Å². The zero-order valence-corrected chi connectivity index (χ0v) is 13.9. The van der Waals surface area contributed by atoms with E-state index in [2.05, 4.69) is 4.98 Å². The number of rotatable bonds is 3. The first kappa shape index (κ1) is 15.7. The van der Waals surface area contributed by atoms with Crippen LogP contribution < -0.4 is 0 Å². The van der Waals surface area contributed by atoms with Gasteiger partial charge in [0.15, 0.2) is 0 Å². The molecule has 1 amide bonds. The highest BCUT2D eigenvalue weighted by molar-refractivity contribution is 7.09. The number of hydrogen-bond donors (Lipinski definition) is 0.